The monoisotopic (exact) mass is 197 g/mol. The molecule has 0 saturated heterocycles. The molecule has 80 valence electrons. The van der Waals surface area contributed by atoms with Crippen LogP contribution in [0.4, 0.5) is 0 Å². The third-order valence-electron chi connectivity index (χ3n) is 2.82. The maximum atomic E-state index is 11.4. The second-order valence-corrected chi connectivity index (χ2v) is 3.63. The van der Waals surface area contributed by atoms with Gasteiger partial charge in [0.25, 0.3) is 0 Å². The summed E-state index contributed by atoms with van der Waals surface area (Å²) in [6, 6.07) is 0. The second-order valence-electron chi connectivity index (χ2n) is 3.63. The van der Waals surface area contributed by atoms with Gasteiger partial charge in [-0.05, 0) is 20.3 Å². The highest BCUT2D eigenvalue weighted by Crippen LogP contribution is 2.37. The van der Waals surface area contributed by atoms with E-state index in [0.29, 0.717) is 5.92 Å². The van der Waals surface area contributed by atoms with Gasteiger partial charge in [-0.25, -0.2) is 4.79 Å². The summed E-state index contributed by atoms with van der Waals surface area (Å²) in [6.45, 7) is 8.28. The Kier molecular flexibility index (Phi) is 3.55. The minimum Gasteiger partial charge on any atom is -0.466 e. The number of hydrogen-bond donors (Lipinski definition) is 0. The van der Waals surface area contributed by atoms with Gasteiger partial charge in [0.05, 0.1) is 12.7 Å². The van der Waals surface area contributed by atoms with E-state index in [9.17, 15) is 4.79 Å². The largest absolute Gasteiger partial charge is 0.466 e. The van der Waals surface area contributed by atoms with Gasteiger partial charge in [-0.15, -0.1) is 0 Å². The first kappa shape index (κ1) is 11.1. The molecule has 0 saturated carbocycles. The van der Waals surface area contributed by atoms with Crippen LogP contribution in [0.3, 0.4) is 0 Å². The van der Waals surface area contributed by atoms with E-state index >= 15 is 0 Å². The molecule has 1 aliphatic rings. The van der Waals surface area contributed by atoms with Gasteiger partial charge in [0, 0.05) is 24.7 Å². The van der Waals surface area contributed by atoms with Gasteiger partial charge in [0.15, 0.2) is 0 Å². The molecule has 0 aliphatic heterocycles. The molecule has 1 unspecified atom stereocenters. The van der Waals surface area contributed by atoms with Crippen molar-refractivity contribution in [2.75, 3.05) is 20.2 Å². The number of rotatable bonds is 4. The molecular weight excluding hydrogens is 178 g/mol. The van der Waals surface area contributed by atoms with E-state index < -0.39 is 0 Å². The van der Waals surface area contributed by atoms with Crippen molar-refractivity contribution in [1.82, 2.24) is 4.90 Å². The zero-order valence-electron chi connectivity index (χ0n) is 9.46. The van der Waals surface area contributed by atoms with E-state index in [0.717, 1.165) is 25.1 Å². The Bertz CT molecular complexity index is 254. The first-order valence-electron chi connectivity index (χ1n) is 5.21. The number of nitrogens with zero attached hydrogens (tertiary/aromatic N) is 1. The summed E-state index contributed by atoms with van der Waals surface area (Å²) in [4.78, 5) is 13.6. The van der Waals surface area contributed by atoms with Crippen molar-refractivity contribution in [3.8, 4) is 0 Å². The van der Waals surface area contributed by atoms with E-state index in [2.05, 4.69) is 25.7 Å². The molecule has 1 atom stereocenters. The molecule has 0 aromatic heterocycles. The van der Waals surface area contributed by atoms with Crippen molar-refractivity contribution < 1.29 is 9.53 Å². The van der Waals surface area contributed by atoms with E-state index in [4.69, 9.17) is 4.74 Å². The molecule has 0 spiro atoms. The van der Waals surface area contributed by atoms with Crippen molar-refractivity contribution in [2.45, 2.75) is 27.2 Å². The summed E-state index contributed by atoms with van der Waals surface area (Å²) in [5, 5.41) is 0. The highest BCUT2D eigenvalue weighted by atomic mass is 16.5. The molecule has 14 heavy (non-hydrogen) atoms. The third-order valence-corrected chi connectivity index (χ3v) is 2.82. The summed E-state index contributed by atoms with van der Waals surface area (Å²) >= 11 is 0. The lowest BCUT2D eigenvalue weighted by molar-refractivity contribution is -0.137. The van der Waals surface area contributed by atoms with Crippen LogP contribution in [-0.2, 0) is 9.53 Å². The fourth-order valence-electron chi connectivity index (χ4n) is 2.05. The number of ether oxygens (including phenoxy) is 1. The fraction of sp³-hybridized carbons (Fsp3) is 0.727. The normalized spacial score (nSPS) is 20.4. The van der Waals surface area contributed by atoms with E-state index in [1.165, 1.54) is 12.8 Å². The minimum atomic E-state index is -0.162. The van der Waals surface area contributed by atoms with Gasteiger partial charge >= 0.3 is 5.97 Å². The highest BCUT2D eigenvalue weighted by Gasteiger charge is 2.33. The molecule has 0 amide bonds. The quantitative estimate of drug-likeness (QED) is 0.643. The lowest BCUT2D eigenvalue weighted by Gasteiger charge is -2.37. The first-order valence-corrected chi connectivity index (χ1v) is 5.21. The van der Waals surface area contributed by atoms with Crippen molar-refractivity contribution in [1.29, 1.82) is 0 Å². The number of hydrogen-bond acceptors (Lipinski definition) is 3. The molecule has 0 aromatic carbocycles. The second kappa shape index (κ2) is 4.49. The van der Waals surface area contributed by atoms with Gasteiger partial charge in [-0.3, -0.25) is 0 Å². The highest BCUT2D eigenvalue weighted by molar-refractivity contribution is 5.91. The van der Waals surface area contributed by atoms with Crippen LogP contribution in [0.1, 0.15) is 27.2 Å². The fourth-order valence-corrected chi connectivity index (χ4v) is 2.05. The standard InChI is InChI=1S/C11H19NO2/c1-5-12(6-2)10-8(3)7-9(10)11(13)14-4/h8H,5-7H2,1-4H3. The Labute approximate surface area is 85.7 Å². The molecule has 1 rings (SSSR count). The van der Waals surface area contributed by atoms with E-state index in [1.807, 2.05) is 0 Å². The molecule has 0 aromatic rings. The lowest BCUT2D eigenvalue weighted by atomic mass is 9.82. The van der Waals surface area contributed by atoms with Crippen LogP contribution in [0.2, 0.25) is 0 Å². The van der Waals surface area contributed by atoms with Crippen LogP contribution >= 0.6 is 0 Å². The molecule has 0 bridgehead atoms. The van der Waals surface area contributed by atoms with Gasteiger partial charge in [0.1, 0.15) is 0 Å². The zero-order chi connectivity index (χ0) is 10.7. The maximum Gasteiger partial charge on any atom is 0.335 e. The van der Waals surface area contributed by atoms with E-state index in [1.54, 1.807) is 0 Å². The van der Waals surface area contributed by atoms with Crippen molar-refractivity contribution in [2.24, 2.45) is 5.92 Å². The Morgan fingerprint density at radius 1 is 1.50 bits per heavy atom. The molecule has 0 N–H and O–H groups in total. The molecule has 3 nitrogen and oxygen atoms in total. The predicted molar refractivity (Wildman–Crippen MR) is 55.7 cm³/mol. The Morgan fingerprint density at radius 3 is 2.43 bits per heavy atom. The minimum absolute atomic E-state index is 0.162. The predicted octanol–water partition coefficient (Wildman–Crippen LogP) is 1.80. The molecular formula is C11H19NO2. The van der Waals surface area contributed by atoms with Crippen molar-refractivity contribution in [3.63, 3.8) is 0 Å². The Hall–Kier alpha value is -0.990. The summed E-state index contributed by atoms with van der Waals surface area (Å²) < 4.78 is 4.75. The SMILES string of the molecule is CCN(CC)C1=C(C(=O)OC)CC1C. The average Bonchev–Trinajstić information content (AvgIpc) is 2.20. The number of allylic oxidation sites excluding steroid dienone is 1. The number of carbonyl (C=O) groups excluding carboxylic acids is 1. The molecule has 0 heterocycles. The van der Waals surface area contributed by atoms with Crippen LogP contribution < -0.4 is 0 Å². The van der Waals surface area contributed by atoms with Crippen LogP contribution in [0.25, 0.3) is 0 Å². The third kappa shape index (κ3) is 1.76. The number of esters is 1. The lowest BCUT2D eigenvalue weighted by Crippen LogP contribution is -2.35. The van der Waals surface area contributed by atoms with Crippen LogP contribution in [0, 0.1) is 5.92 Å². The van der Waals surface area contributed by atoms with Crippen LogP contribution in [-0.4, -0.2) is 31.1 Å². The first-order chi connectivity index (χ1) is 6.65. The van der Waals surface area contributed by atoms with Crippen molar-refractivity contribution in [3.05, 3.63) is 11.3 Å². The summed E-state index contributed by atoms with van der Waals surface area (Å²) in [5.74, 6) is 0.342. The maximum absolute atomic E-state index is 11.4. The average molecular weight is 197 g/mol. The number of carbonyl (C=O) groups is 1. The molecule has 1 aliphatic carbocycles. The Balaban J connectivity index is 2.86. The van der Waals surface area contributed by atoms with Gasteiger partial charge < -0.3 is 9.64 Å². The van der Waals surface area contributed by atoms with Crippen molar-refractivity contribution >= 4 is 5.97 Å². The van der Waals surface area contributed by atoms with Gasteiger partial charge in [0.2, 0.25) is 0 Å². The zero-order valence-corrected chi connectivity index (χ0v) is 9.46. The number of methoxy groups -OCH3 is 1. The summed E-state index contributed by atoms with van der Waals surface area (Å²) in [7, 11) is 1.44. The molecule has 0 radical (unpaired) electrons. The topological polar surface area (TPSA) is 29.5 Å². The summed E-state index contributed by atoms with van der Waals surface area (Å²) in [6.07, 6.45) is 0.860. The molecule has 3 heteroatoms. The van der Waals surface area contributed by atoms with Gasteiger partial charge in [-0.1, -0.05) is 6.92 Å². The van der Waals surface area contributed by atoms with E-state index in [-0.39, 0.29) is 5.97 Å². The smallest absolute Gasteiger partial charge is 0.335 e. The Morgan fingerprint density at radius 2 is 2.07 bits per heavy atom. The summed E-state index contributed by atoms with van der Waals surface area (Å²) in [5.41, 5.74) is 2.05. The van der Waals surface area contributed by atoms with Crippen LogP contribution in [0.15, 0.2) is 11.3 Å². The van der Waals surface area contributed by atoms with Gasteiger partial charge in [-0.2, -0.15) is 0 Å². The molecule has 0 fully saturated rings. The van der Waals surface area contributed by atoms with Crippen LogP contribution in [0.5, 0.6) is 0 Å².